The number of amides is 2. The summed E-state index contributed by atoms with van der Waals surface area (Å²) in [5.41, 5.74) is 2.59. The number of carbonyl (C=O) groups is 2. The minimum absolute atomic E-state index is 0.368. The molecule has 0 unspecified atom stereocenters. The molecule has 0 aliphatic rings. The number of methoxy groups -OCH3 is 2. The van der Waals surface area contributed by atoms with Gasteiger partial charge in [-0.2, -0.15) is 0 Å². The highest BCUT2D eigenvalue weighted by Gasteiger charge is 2.15. The van der Waals surface area contributed by atoms with Crippen molar-refractivity contribution in [2.75, 3.05) is 45.1 Å². The Kier molecular flexibility index (Phi) is 7.05. The Hall–Kier alpha value is -3.22. The van der Waals surface area contributed by atoms with Gasteiger partial charge in [0.1, 0.15) is 11.5 Å². The third kappa shape index (κ3) is 5.64. The highest BCUT2D eigenvalue weighted by atomic mass is 16.5. The summed E-state index contributed by atoms with van der Waals surface area (Å²) in [6.45, 7) is 0.368. The molecule has 144 valence electrons. The summed E-state index contributed by atoms with van der Waals surface area (Å²) in [6.07, 6.45) is 0.637. The maximum Gasteiger partial charge on any atom is 0.313 e. The first-order chi connectivity index (χ1) is 12.9. The molecule has 0 saturated carbocycles. The summed E-state index contributed by atoms with van der Waals surface area (Å²) < 4.78 is 10.3. The van der Waals surface area contributed by atoms with Crippen LogP contribution in [0.4, 0.5) is 11.4 Å². The zero-order valence-corrected chi connectivity index (χ0v) is 16.0. The van der Waals surface area contributed by atoms with Gasteiger partial charge in [0.2, 0.25) is 0 Å². The van der Waals surface area contributed by atoms with Crippen LogP contribution >= 0.6 is 0 Å². The number of nitrogens with zero attached hydrogens (tertiary/aromatic N) is 1. The summed E-state index contributed by atoms with van der Waals surface area (Å²) in [6, 6.07) is 13.0. The normalized spacial score (nSPS) is 10.1. The van der Waals surface area contributed by atoms with E-state index in [1.165, 1.54) is 14.2 Å². The number of rotatable bonds is 7. The molecule has 0 aliphatic carbocycles. The Labute approximate surface area is 159 Å². The molecule has 0 spiro atoms. The van der Waals surface area contributed by atoms with E-state index in [0.717, 1.165) is 11.3 Å². The predicted octanol–water partition coefficient (Wildman–Crippen LogP) is 2.07. The molecule has 7 nitrogen and oxygen atoms in total. The molecule has 2 aromatic rings. The SMILES string of the molecule is COc1ccc(NC(=O)C(=O)NCCc2ccc(N(C)C)cc2)c(OC)c1. The van der Waals surface area contributed by atoms with Crippen molar-refractivity contribution in [2.45, 2.75) is 6.42 Å². The predicted molar refractivity (Wildman–Crippen MR) is 106 cm³/mol. The molecule has 0 saturated heterocycles. The maximum atomic E-state index is 12.1. The number of carbonyl (C=O) groups excluding carboxylic acids is 2. The highest BCUT2D eigenvalue weighted by Crippen LogP contribution is 2.28. The smallest absolute Gasteiger partial charge is 0.313 e. The van der Waals surface area contributed by atoms with Crippen molar-refractivity contribution in [1.29, 1.82) is 0 Å². The summed E-state index contributed by atoms with van der Waals surface area (Å²) in [5, 5.41) is 5.17. The molecule has 0 bridgehead atoms. The standard InChI is InChI=1S/C20H25N3O4/c1-23(2)15-7-5-14(6-8-15)11-12-21-19(24)20(25)22-17-10-9-16(26-3)13-18(17)27-4/h5-10,13H,11-12H2,1-4H3,(H,21,24)(H,22,25). The monoisotopic (exact) mass is 371 g/mol. The van der Waals surface area contributed by atoms with Crippen molar-refractivity contribution in [2.24, 2.45) is 0 Å². The summed E-state index contributed by atoms with van der Waals surface area (Å²) in [7, 11) is 6.97. The lowest BCUT2D eigenvalue weighted by molar-refractivity contribution is -0.136. The average Bonchev–Trinajstić information content (AvgIpc) is 2.68. The zero-order chi connectivity index (χ0) is 19.8. The van der Waals surface area contributed by atoms with Gasteiger partial charge in [-0.15, -0.1) is 0 Å². The summed E-state index contributed by atoms with van der Waals surface area (Å²) in [4.78, 5) is 26.1. The van der Waals surface area contributed by atoms with E-state index in [1.807, 2.05) is 43.3 Å². The lowest BCUT2D eigenvalue weighted by atomic mass is 10.1. The van der Waals surface area contributed by atoms with Crippen molar-refractivity contribution >= 4 is 23.2 Å². The van der Waals surface area contributed by atoms with Crippen molar-refractivity contribution in [3.63, 3.8) is 0 Å². The molecular weight excluding hydrogens is 346 g/mol. The molecule has 2 N–H and O–H groups in total. The number of ether oxygens (including phenoxy) is 2. The average molecular weight is 371 g/mol. The third-order valence-corrected chi connectivity index (χ3v) is 4.02. The lowest BCUT2D eigenvalue weighted by Crippen LogP contribution is -2.36. The topological polar surface area (TPSA) is 79.9 Å². The Balaban J connectivity index is 1.86. The Morgan fingerprint density at radius 3 is 2.26 bits per heavy atom. The van der Waals surface area contributed by atoms with Gasteiger partial charge < -0.3 is 25.0 Å². The van der Waals surface area contributed by atoms with Crippen LogP contribution in [-0.4, -0.2) is 46.7 Å². The van der Waals surface area contributed by atoms with Crippen LogP contribution < -0.4 is 25.0 Å². The van der Waals surface area contributed by atoms with Gasteiger partial charge in [-0.3, -0.25) is 9.59 Å². The van der Waals surface area contributed by atoms with Crippen LogP contribution in [0, 0.1) is 0 Å². The molecule has 2 amide bonds. The molecule has 0 aromatic heterocycles. The molecule has 0 heterocycles. The fourth-order valence-electron chi connectivity index (χ4n) is 2.44. The van der Waals surface area contributed by atoms with E-state index in [4.69, 9.17) is 9.47 Å². The van der Waals surface area contributed by atoms with Gasteiger partial charge in [0.15, 0.2) is 0 Å². The van der Waals surface area contributed by atoms with Crippen LogP contribution in [-0.2, 0) is 16.0 Å². The molecule has 7 heteroatoms. The fraction of sp³-hybridized carbons (Fsp3) is 0.300. The van der Waals surface area contributed by atoms with Gasteiger partial charge >= 0.3 is 11.8 Å². The van der Waals surface area contributed by atoms with Crippen LogP contribution in [0.5, 0.6) is 11.5 Å². The van der Waals surface area contributed by atoms with E-state index in [1.54, 1.807) is 18.2 Å². The number of benzene rings is 2. The number of nitrogens with one attached hydrogen (secondary N) is 2. The minimum Gasteiger partial charge on any atom is -0.497 e. The molecule has 27 heavy (non-hydrogen) atoms. The molecule has 0 atom stereocenters. The van der Waals surface area contributed by atoms with Crippen molar-refractivity contribution in [1.82, 2.24) is 5.32 Å². The van der Waals surface area contributed by atoms with Crippen LogP contribution in [0.15, 0.2) is 42.5 Å². The maximum absolute atomic E-state index is 12.1. The van der Waals surface area contributed by atoms with Crippen molar-refractivity contribution < 1.29 is 19.1 Å². The summed E-state index contributed by atoms with van der Waals surface area (Å²) in [5.74, 6) is -0.440. The first-order valence-corrected chi connectivity index (χ1v) is 8.52. The van der Waals surface area contributed by atoms with E-state index in [0.29, 0.717) is 30.2 Å². The third-order valence-electron chi connectivity index (χ3n) is 4.02. The van der Waals surface area contributed by atoms with E-state index in [9.17, 15) is 9.59 Å². The fourth-order valence-corrected chi connectivity index (χ4v) is 2.44. The second-order valence-electron chi connectivity index (χ2n) is 6.09. The van der Waals surface area contributed by atoms with Crippen molar-refractivity contribution in [3.05, 3.63) is 48.0 Å². The van der Waals surface area contributed by atoms with E-state index in [2.05, 4.69) is 10.6 Å². The number of hydrogen-bond acceptors (Lipinski definition) is 5. The molecule has 0 aliphatic heterocycles. The largest absolute Gasteiger partial charge is 0.497 e. The van der Waals surface area contributed by atoms with Gasteiger partial charge in [0, 0.05) is 32.4 Å². The van der Waals surface area contributed by atoms with Gasteiger partial charge in [0.05, 0.1) is 19.9 Å². The van der Waals surface area contributed by atoms with Crippen LogP contribution in [0.2, 0.25) is 0 Å². The van der Waals surface area contributed by atoms with Gasteiger partial charge in [-0.1, -0.05) is 12.1 Å². The number of hydrogen-bond donors (Lipinski definition) is 2. The van der Waals surface area contributed by atoms with Crippen LogP contribution in [0.1, 0.15) is 5.56 Å². The second kappa shape index (κ2) is 9.47. The zero-order valence-electron chi connectivity index (χ0n) is 16.0. The lowest BCUT2D eigenvalue weighted by Gasteiger charge is -2.13. The second-order valence-corrected chi connectivity index (χ2v) is 6.09. The first kappa shape index (κ1) is 20.1. The molecule has 2 aromatic carbocycles. The van der Waals surface area contributed by atoms with E-state index in [-0.39, 0.29) is 0 Å². The van der Waals surface area contributed by atoms with E-state index >= 15 is 0 Å². The minimum atomic E-state index is -0.749. The van der Waals surface area contributed by atoms with Gasteiger partial charge in [-0.05, 0) is 36.2 Å². The molecular formula is C20H25N3O4. The first-order valence-electron chi connectivity index (χ1n) is 8.52. The Bertz CT molecular complexity index is 788. The van der Waals surface area contributed by atoms with E-state index < -0.39 is 11.8 Å². The summed E-state index contributed by atoms with van der Waals surface area (Å²) >= 11 is 0. The van der Waals surface area contributed by atoms with Gasteiger partial charge in [-0.25, -0.2) is 0 Å². The highest BCUT2D eigenvalue weighted by molar-refractivity contribution is 6.39. The Morgan fingerprint density at radius 1 is 0.963 bits per heavy atom. The van der Waals surface area contributed by atoms with Crippen LogP contribution in [0.3, 0.4) is 0 Å². The molecule has 2 rings (SSSR count). The quantitative estimate of drug-likeness (QED) is 0.729. The number of anilines is 2. The van der Waals surface area contributed by atoms with Gasteiger partial charge in [0.25, 0.3) is 0 Å². The molecule has 0 radical (unpaired) electrons. The Morgan fingerprint density at radius 2 is 1.67 bits per heavy atom. The van der Waals surface area contributed by atoms with Crippen molar-refractivity contribution in [3.8, 4) is 11.5 Å². The molecule has 0 fully saturated rings. The van der Waals surface area contributed by atoms with Crippen LogP contribution in [0.25, 0.3) is 0 Å².